The summed E-state index contributed by atoms with van der Waals surface area (Å²) in [7, 11) is -1.25. The minimum atomic E-state index is -2.87. The molecule has 0 saturated heterocycles. The molecule has 0 unspecified atom stereocenters. The second-order valence-corrected chi connectivity index (χ2v) is 6.18. The van der Waals surface area contributed by atoms with Gasteiger partial charge < -0.3 is 10.5 Å². The van der Waals surface area contributed by atoms with Gasteiger partial charge in [-0.25, -0.2) is 8.42 Å². The van der Waals surface area contributed by atoms with Gasteiger partial charge in [-0.15, -0.1) is 0 Å². The third-order valence-corrected chi connectivity index (χ3v) is 3.71. The summed E-state index contributed by atoms with van der Waals surface area (Å²) < 4.78 is 27.0. The highest BCUT2D eigenvalue weighted by molar-refractivity contribution is 7.90. The minimum absolute atomic E-state index is 0.0577. The predicted octanol–water partition coefficient (Wildman–Crippen LogP) is -0.358. The van der Waals surface area contributed by atoms with Crippen LogP contribution in [0.25, 0.3) is 0 Å². The summed E-state index contributed by atoms with van der Waals surface area (Å²) in [5.74, 6) is 0.445. The van der Waals surface area contributed by atoms with Crippen molar-refractivity contribution in [1.29, 1.82) is 0 Å². The first-order valence-electron chi connectivity index (χ1n) is 4.30. The highest BCUT2D eigenvalue weighted by atomic mass is 32.2. The van der Waals surface area contributed by atoms with E-state index in [9.17, 15) is 8.42 Å². The molecule has 1 rings (SSSR count). The van der Waals surface area contributed by atoms with Crippen LogP contribution in [-0.2, 0) is 14.6 Å². The highest BCUT2D eigenvalue weighted by Gasteiger charge is 2.53. The fourth-order valence-corrected chi connectivity index (χ4v) is 3.01. The van der Waals surface area contributed by atoms with Crippen molar-refractivity contribution < 1.29 is 13.2 Å². The minimum Gasteiger partial charge on any atom is -0.384 e. The number of methoxy groups -OCH3 is 1. The van der Waals surface area contributed by atoms with Crippen LogP contribution in [0.3, 0.4) is 0 Å². The van der Waals surface area contributed by atoms with Crippen LogP contribution in [0.5, 0.6) is 0 Å². The first-order valence-corrected chi connectivity index (χ1v) is 6.36. The molecule has 0 heterocycles. The van der Waals surface area contributed by atoms with Crippen molar-refractivity contribution in [2.45, 2.75) is 6.42 Å². The van der Waals surface area contributed by atoms with Gasteiger partial charge in [-0.2, -0.15) is 0 Å². The Labute approximate surface area is 79.4 Å². The molecule has 1 saturated carbocycles. The van der Waals surface area contributed by atoms with E-state index in [0.717, 1.165) is 6.42 Å². The Morgan fingerprint density at radius 1 is 1.62 bits per heavy atom. The Kier molecular flexibility index (Phi) is 2.99. The maximum Gasteiger partial charge on any atom is 0.147 e. The zero-order chi connectivity index (χ0) is 10.1. The number of ether oxygens (including phenoxy) is 1. The quantitative estimate of drug-likeness (QED) is 0.668. The lowest BCUT2D eigenvalue weighted by atomic mass is 10.1. The van der Waals surface area contributed by atoms with Crippen LogP contribution in [0.1, 0.15) is 6.42 Å². The molecule has 0 amide bonds. The van der Waals surface area contributed by atoms with Crippen LogP contribution in [-0.4, -0.2) is 40.7 Å². The highest BCUT2D eigenvalue weighted by Crippen LogP contribution is 2.52. The van der Waals surface area contributed by atoms with Crippen LogP contribution in [0, 0.1) is 11.3 Å². The topological polar surface area (TPSA) is 69.4 Å². The van der Waals surface area contributed by atoms with E-state index in [4.69, 9.17) is 10.5 Å². The van der Waals surface area contributed by atoms with Crippen molar-refractivity contribution >= 4 is 9.84 Å². The van der Waals surface area contributed by atoms with Gasteiger partial charge in [0.05, 0.1) is 12.4 Å². The van der Waals surface area contributed by atoms with Crippen LogP contribution in [0.2, 0.25) is 0 Å². The maximum absolute atomic E-state index is 11.0. The van der Waals surface area contributed by atoms with Gasteiger partial charge in [0.1, 0.15) is 9.84 Å². The third kappa shape index (κ3) is 2.65. The van der Waals surface area contributed by atoms with E-state index in [0.29, 0.717) is 13.2 Å². The Bertz CT molecular complexity index is 275. The molecule has 4 nitrogen and oxygen atoms in total. The molecule has 0 spiro atoms. The van der Waals surface area contributed by atoms with E-state index in [2.05, 4.69) is 0 Å². The molecule has 2 atom stereocenters. The average molecular weight is 207 g/mol. The lowest BCUT2D eigenvalue weighted by molar-refractivity contribution is 0.138. The molecule has 1 fully saturated rings. The van der Waals surface area contributed by atoms with Crippen LogP contribution in [0.4, 0.5) is 0 Å². The van der Waals surface area contributed by atoms with Gasteiger partial charge in [0, 0.05) is 25.3 Å². The van der Waals surface area contributed by atoms with E-state index < -0.39 is 9.84 Å². The summed E-state index contributed by atoms with van der Waals surface area (Å²) in [6, 6.07) is 0. The number of rotatable bonds is 5. The molecule has 1 aliphatic carbocycles. The van der Waals surface area contributed by atoms with Gasteiger partial charge >= 0.3 is 0 Å². The molecule has 78 valence electrons. The van der Waals surface area contributed by atoms with Crippen molar-refractivity contribution in [2.75, 3.05) is 32.3 Å². The van der Waals surface area contributed by atoms with E-state index in [-0.39, 0.29) is 17.1 Å². The second kappa shape index (κ2) is 3.55. The number of hydrogen-bond donors (Lipinski definition) is 1. The fraction of sp³-hybridized carbons (Fsp3) is 1.00. The summed E-state index contributed by atoms with van der Waals surface area (Å²) in [4.78, 5) is 0. The largest absolute Gasteiger partial charge is 0.384 e. The van der Waals surface area contributed by atoms with Crippen molar-refractivity contribution in [3.63, 3.8) is 0 Å². The van der Waals surface area contributed by atoms with Crippen LogP contribution < -0.4 is 5.73 Å². The van der Waals surface area contributed by atoms with Gasteiger partial charge in [-0.3, -0.25) is 0 Å². The van der Waals surface area contributed by atoms with Gasteiger partial charge in [0.15, 0.2) is 0 Å². The molecular weight excluding hydrogens is 190 g/mol. The number of sulfone groups is 1. The molecule has 13 heavy (non-hydrogen) atoms. The summed E-state index contributed by atoms with van der Waals surface area (Å²) in [6.07, 6.45) is 2.14. The van der Waals surface area contributed by atoms with Gasteiger partial charge in [-0.1, -0.05) is 0 Å². The zero-order valence-corrected chi connectivity index (χ0v) is 8.93. The lowest BCUT2D eigenvalue weighted by Gasteiger charge is -2.12. The van der Waals surface area contributed by atoms with Crippen molar-refractivity contribution in [3.8, 4) is 0 Å². The van der Waals surface area contributed by atoms with Gasteiger partial charge in [-0.05, 0) is 12.3 Å². The smallest absolute Gasteiger partial charge is 0.147 e. The Balaban J connectivity index is 2.51. The number of hydrogen-bond acceptors (Lipinski definition) is 4. The summed E-state index contributed by atoms with van der Waals surface area (Å²) in [5, 5.41) is 0. The van der Waals surface area contributed by atoms with Crippen LogP contribution >= 0.6 is 0 Å². The fourth-order valence-electron chi connectivity index (χ4n) is 1.81. The van der Waals surface area contributed by atoms with Gasteiger partial charge in [0.25, 0.3) is 0 Å². The second-order valence-electron chi connectivity index (χ2n) is 3.99. The molecular formula is C8H17NO3S. The molecule has 0 aliphatic heterocycles. The molecule has 1 aliphatic rings. The maximum atomic E-state index is 11.0. The normalized spacial score (nSPS) is 33.3. The zero-order valence-electron chi connectivity index (χ0n) is 8.12. The summed E-state index contributed by atoms with van der Waals surface area (Å²) in [6.45, 7) is 1.09. The molecule has 0 aromatic rings. The first kappa shape index (κ1) is 10.9. The van der Waals surface area contributed by atoms with E-state index >= 15 is 0 Å². The lowest BCUT2D eigenvalue weighted by Crippen LogP contribution is -2.25. The van der Waals surface area contributed by atoms with Crippen molar-refractivity contribution in [2.24, 2.45) is 17.1 Å². The van der Waals surface area contributed by atoms with Crippen LogP contribution in [0.15, 0.2) is 0 Å². The molecule has 0 aromatic carbocycles. The average Bonchev–Trinajstić information content (AvgIpc) is 2.61. The van der Waals surface area contributed by atoms with E-state index in [1.165, 1.54) is 6.26 Å². The molecule has 5 heteroatoms. The molecule has 0 bridgehead atoms. The number of nitrogens with two attached hydrogens (primary N) is 1. The Morgan fingerprint density at radius 2 is 2.23 bits per heavy atom. The summed E-state index contributed by atoms with van der Waals surface area (Å²) >= 11 is 0. The first-order chi connectivity index (χ1) is 5.93. The standard InChI is InChI=1S/C8H17NO3S/c1-12-6-8(5-9)3-7(8)4-13(2,10)11/h7H,3-6,9H2,1-2H3/t7-,8-/m1/s1. The molecule has 0 aromatic heterocycles. The van der Waals surface area contributed by atoms with E-state index in [1.54, 1.807) is 7.11 Å². The Morgan fingerprint density at radius 3 is 2.62 bits per heavy atom. The summed E-state index contributed by atoms with van der Waals surface area (Å²) in [5.41, 5.74) is 5.53. The molecule has 2 N–H and O–H groups in total. The van der Waals surface area contributed by atoms with Crippen molar-refractivity contribution in [1.82, 2.24) is 0 Å². The molecule has 0 radical (unpaired) electrons. The Hall–Kier alpha value is -0.130. The van der Waals surface area contributed by atoms with E-state index in [1.807, 2.05) is 0 Å². The monoisotopic (exact) mass is 207 g/mol. The third-order valence-electron chi connectivity index (χ3n) is 2.70. The SMILES string of the molecule is COC[C@]1(CN)C[C@@H]1CS(C)(=O)=O. The van der Waals surface area contributed by atoms with Gasteiger partial charge in [0.2, 0.25) is 0 Å². The predicted molar refractivity (Wildman–Crippen MR) is 51.2 cm³/mol. The van der Waals surface area contributed by atoms with Crippen molar-refractivity contribution in [3.05, 3.63) is 0 Å².